The maximum atomic E-state index is 6.26. The summed E-state index contributed by atoms with van der Waals surface area (Å²) in [7, 11) is 0. The van der Waals surface area contributed by atoms with Crippen LogP contribution in [0.15, 0.2) is 53.6 Å². The van der Waals surface area contributed by atoms with Gasteiger partial charge < -0.3 is 9.64 Å². The minimum atomic E-state index is 0.261. The molecular weight excluding hydrogens is 274 g/mol. The molecule has 4 nitrogen and oxygen atoms in total. The molecule has 4 rings (SSSR count). The summed E-state index contributed by atoms with van der Waals surface area (Å²) in [4.78, 5) is 2.24. The maximum Gasteiger partial charge on any atom is 0.105 e. The molecule has 1 atom stereocenters. The monoisotopic (exact) mass is 287 g/mol. The number of anilines is 1. The van der Waals surface area contributed by atoms with Crippen LogP contribution in [0, 0.1) is 5.92 Å². The molecule has 3 aliphatic rings. The van der Waals surface area contributed by atoms with Crippen molar-refractivity contribution in [2.24, 2.45) is 11.0 Å². The lowest BCUT2D eigenvalue weighted by Crippen LogP contribution is -2.36. The molecule has 3 heterocycles. The largest absolute Gasteiger partial charge is 0.497 e. The number of nitrogens with zero attached hydrogens (tertiary/aromatic N) is 3. The van der Waals surface area contributed by atoms with Crippen LogP contribution < -0.4 is 5.01 Å². The van der Waals surface area contributed by atoms with Gasteiger partial charge in [-0.25, -0.2) is 0 Å². The van der Waals surface area contributed by atoms with Crippen LogP contribution in [0.1, 0.15) is 0 Å². The Morgan fingerprint density at radius 3 is 3.10 bits per heavy atom. The first kappa shape index (κ1) is 11.9. The first-order chi connectivity index (χ1) is 9.83. The van der Waals surface area contributed by atoms with Crippen LogP contribution in [0.4, 0.5) is 5.69 Å². The topological polar surface area (TPSA) is 28.1 Å². The Balaban J connectivity index is 1.68. The van der Waals surface area contributed by atoms with Gasteiger partial charge in [-0.05, 0) is 18.2 Å². The summed E-state index contributed by atoms with van der Waals surface area (Å²) in [6.45, 7) is 2.44. The fourth-order valence-electron chi connectivity index (χ4n) is 2.83. The Bertz CT molecular complexity index is 638. The van der Waals surface area contributed by atoms with E-state index in [-0.39, 0.29) is 5.92 Å². The van der Waals surface area contributed by atoms with E-state index in [1.807, 2.05) is 35.5 Å². The van der Waals surface area contributed by atoms with Crippen molar-refractivity contribution in [2.75, 3.05) is 24.7 Å². The summed E-state index contributed by atoms with van der Waals surface area (Å²) in [6.07, 6.45) is 6.03. The number of para-hydroxylation sites is 1. The van der Waals surface area contributed by atoms with Gasteiger partial charge in [-0.1, -0.05) is 23.7 Å². The van der Waals surface area contributed by atoms with Crippen LogP contribution in [0.3, 0.4) is 0 Å². The third-order valence-corrected chi connectivity index (χ3v) is 4.17. The number of rotatable bonds is 1. The highest BCUT2D eigenvalue weighted by molar-refractivity contribution is 6.33. The van der Waals surface area contributed by atoms with Crippen LogP contribution >= 0.6 is 11.6 Å². The minimum absolute atomic E-state index is 0.261. The lowest BCUT2D eigenvalue weighted by molar-refractivity contribution is 0.175. The average molecular weight is 288 g/mol. The van der Waals surface area contributed by atoms with E-state index < -0.39 is 0 Å². The van der Waals surface area contributed by atoms with E-state index in [4.69, 9.17) is 16.3 Å². The molecule has 0 saturated carbocycles. The minimum Gasteiger partial charge on any atom is -0.497 e. The zero-order valence-electron chi connectivity index (χ0n) is 10.9. The smallest absolute Gasteiger partial charge is 0.105 e. The van der Waals surface area contributed by atoms with Gasteiger partial charge in [0.2, 0.25) is 0 Å². The van der Waals surface area contributed by atoms with E-state index in [0.717, 1.165) is 36.1 Å². The van der Waals surface area contributed by atoms with Crippen LogP contribution in [0.2, 0.25) is 5.02 Å². The van der Waals surface area contributed by atoms with Crippen molar-refractivity contribution in [2.45, 2.75) is 0 Å². The van der Waals surface area contributed by atoms with Gasteiger partial charge in [0.25, 0.3) is 0 Å². The van der Waals surface area contributed by atoms with Gasteiger partial charge in [-0.15, -0.1) is 0 Å². The van der Waals surface area contributed by atoms with Crippen molar-refractivity contribution >= 4 is 23.0 Å². The molecule has 0 spiro atoms. The van der Waals surface area contributed by atoms with Crippen LogP contribution in [-0.2, 0) is 4.74 Å². The van der Waals surface area contributed by atoms with Crippen LogP contribution in [0.25, 0.3) is 0 Å². The number of hydrogen-bond acceptors (Lipinski definition) is 4. The first-order valence-corrected chi connectivity index (χ1v) is 7.08. The standard InChI is InChI=1S/C15H14ClN3O/c16-12-3-1-2-4-14(12)19-9-11-13(17-19)5-6-18-7-8-20-10-15(11)18/h1-6,10-11H,7-9H2. The lowest BCUT2D eigenvalue weighted by Gasteiger charge is -2.33. The Kier molecular flexibility index (Phi) is 2.70. The fourth-order valence-corrected chi connectivity index (χ4v) is 3.06. The van der Waals surface area contributed by atoms with Gasteiger partial charge in [0.1, 0.15) is 12.9 Å². The molecule has 0 saturated heterocycles. The predicted octanol–water partition coefficient (Wildman–Crippen LogP) is 2.83. The van der Waals surface area contributed by atoms with Crippen molar-refractivity contribution in [1.82, 2.24) is 4.90 Å². The first-order valence-electron chi connectivity index (χ1n) is 6.70. The van der Waals surface area contributed by atoms with E-state index in [0.29, 0.717) is 0 Å². The summed E-state index contributed by atoms with van der Waals surface area (Å²) in [5.74, 6) is 0.261. The molecule has 0 radical (unpaired) electrons. The van der Waals surface area contributed by atoms with Gasteiger partial charge in [-0.2, -0.15) is 5.10 Å². The molecule has 0 aliphatic carbocycles. The van der Waals surface area contributed by atoms with E-state index in [1.165, 1.54) is 5.70 Å². The normalized spacial score (nSPS) is 23.8. The van der Waals surface area contributed by atoms with Crippen molar-refractivity contribution in [3.63, 3.8) is 0 Å². The Labute approximate surface area is 122 Å². The highest BCUT2D eigenvalue weighted by Gasteiger charge is 2.35. The summed E-state index contributed by atoms with van der Waals surface area (Å²) in [5, 5.41) is 7.39. The molecule has 5 heteroatoms. The van der Waals surface area contributed by atoms with E-state index in [1.54, 1.807) is 0 Å². The Morgan fingerprint density at radius 1 is 1.30 bits per heavy atom. The molecule has 1 unspecified atom stereocenters. The SMILES string of the molecule is Clc1ccccc1N1CC2C3=COCCN3C=CC2=N1. The molecule has 3 aliphatic heterocycles. The predicted molar refractivity (Wildman–Crippen MR) is 79.6 cm³/mol. The number of ether oxygens (including phenoxy) is 1. The van der Waals surface area contributed by atoms with E-state index >= 15 is 0 Å². The van der Waals surface area contributed by atoms with Crippen molar-refractivity contribution in [3.8, 4) is 0 Å². The average Bonchev–Trinajstić information content (AvgIpc) is 2.92. The van der Waals surface area contributed by atoms with Crippen molar-refractivity contribution in [3.05, 3.63) is 53.5 Å². The number of fused-ring (bicyclic) bond motifs is 3. The van der Waals surface area contributed by atoms with E-state index in [9.17, 15) is 0 Å². The second-order valence-corrected chi connectivity index (χ2v) is 5.44. The third kappa shape index (κ3) is 1.79. The molecule has 102 valence electrons. The lowest BCUT2D eigenvalue weighted by atomic mass is 9.96. The highest BCUT2D eigenvalue weighted by atomic mass is 35.5. The van der Waals surface area contributed by atoms with Gasteiger partial charge in [0.15, 0.2) is 0 Å². The Hall–Kier alpha value is -1.94. The second-order valence-electron chi connectivity index (χ2n) is 5.03. The number of hydrazone groups is 1. The number of hydrogen-bond donors (Lipinski definition) is 0. The van der Waals surface area contributed by atoms with Gasteiger partial charge in [-0.3, -0.25) is 5.01 Å². The summed E-state index contributed by atoms with van der Waals surface area (Å²) < 4.78 is 5.47. The van der Waals surface area contributed by atoms with Crippen LogP contribution in [0.5, 0.6) is 0 Å². The van der Waals surface area contributed by atoms with Crippen LogP contribution in [-0.4, -0.2) is 30.3 Å². The zero-order chi connectivity index (χ0) is 13.5. The number of allylic oxidation sites excluding steroid dienone is 1. The molecule has 0 fully saturated rings. The zero-order valence-corrected chi connectivity index (χ0v) is 11.6. The van der Waals surface area contributed by atoms with Gasteiger partial charge >= 0.3 is 0 Å². The molecule has 0 aromatic heterocycles. The molecule has 0 amide bonds. The van der Waals surface area contributed by atoms with Crippen molar-refractivity contribution in [1.29, 1.82) is 0 Å². The molecule has 0 bridgehead atoms. The van der Waals surface area contributed by atoms with Gasteiger partial charge in [0, 0.05) is 6.20 Å². The number of benzene rings is 1. The highest BCUT2D eigenvalue weighted by Crippen LogP contribution is 2.35. The summed E-state index contributed by atoms with van der Waals surface area (Å²) in [5.41, 5.74) is 3.21. The molecule has 1 aromatic carbocycles. The van der Waals surface area contributed by atoms with E-state index in [2.05, 4.69) is 22.3 Å². The number of halogens is 1. The Morgan fingerprint density at radius 2 is 2.20 bits per heavy atom. The quantitative estimate of drug-likeness (QED) is 0.795. The summed E-state index contributed by atoms with van der Waals surface area (Å²) in [6, 6.07) is 7.80. The van der Waals surface area contributed by atoms with Gasteiger partial charge in [0.05, 0.1) is 41.1 Å². The second kappa shape index (κ2) is 4.56. The van der Waals surface area contributed by atoms with Crippen molar-refractivity contribution < 1.29 is 4.74 Å². The summed E-state index contributed by atoms with van der Waals surface area (Å²) >= 11 is 6.26. The molecule has 20 heavy (non-hydrogen) atoms. The molecular formula is C15H14ClN3O. The third-order valence-electron chi connectivity index (χ3n) is 3.85. The molecule has 0 N–H and O–H groups in total. The molecule has 1 aromatic rings. The maximum absolute atomic E-state index is 6.26. The fraction of sp³-hybridized carbons (Fsp3) is 0.267.